The third-order valence-electron chi connectivity index (χ3n) is 3.38. The number of sulfonamides is 1. The number of carboxylic acids is 1. The maximum absolute atomic E-state index is 12.3. The van der Waals surface area contributed by atoms with Gasteiger partial charge in [-0.3, -0.25) is 4.79 Å². The molecular formula is C11H16N2O5S. The van der Waals surface area contributed by atoms with Gasteiger partial charge in [0.25, 0.3) is 0 Å². The molecule has 1 N–H and O–H groups in total. The van der Waals surface area contributed by atoms with Crippen LogP contribution in [0.2, 0.25) is 0 Å². The number of aryl methyl sites for hydroxylation is 1. The minimum absolute atomic E-state index is 0.224. The van der Waals surface area contributed by atoms with Gasteiger partial charge in [-0.25, -0.2) is 8.42 Å². The normalized spacial score (nSPS) is 24.7. The third kappa shape index (κ3) is 2.50. The summed E-state index contributed by atoms with van der Waals surface area (Å²) in [7, 11) is -3.72. The first-order valence-corrected chi connectivity index (χ1v) is 7.53. The summed E-state index contributed by atoms with van der Waals surface area (Å²) >= 11 is 0. The van der Waals surface area contributed by atoms with E-state index in [1.165, 1.54) is 13.0 Å². The first kappa shape index (κ1) is 14.0. The van der Waals surface area contributed by atoms with E-state index in [9.17, 15) is 18.3 Å². The molecule has 1 aromatic rings. The van der Waals surface area contributed by atoms with E-state index in [0.29, 0.717) is 18.6 Å². The van der Waals surface area contributed by atoms with Crippen LogP contribution in [0, 0.1) is 6.92 Å². The molecule has 1 aliphatic heterocycles. The van der Waals surface area contributed by atoms with Gasteiger partial charge >= 0.3 is 5.97 Å². The van der Waals surface area contributed by atoms with Crippen molar-refractivity contribution in [1.82, 2.24) is 9.46 Å². The van der Waals surface area contributed by atoms with Crippen molar-refractivity contribution in [2.45, 2.75) is 38.0 Å². The van der Waals surface area contributed by atoms with Gasteiger partial charge < -0.3 is 9.63 Å². The molecule has 0 aromatic carbocycles. The molecule has 0 bridgehead atoms. The molecule has 2 heterocycles. The van der Waals surface area contributed by atoms with Crippen LogP contribution in [-0.2, 0) is 20.6 Å². The summed E-state index contributed by atoms with van der Waals surface area (Å²) in [6.07, 6.45) is 0.860. The maximum Gasteiger partial charge on any atom is 0.324 e. The van der Waals surface area contributed by atoms with E-state index < -0.39 is 21.5 Å². The van der Waals surface area contributed by atoms with Crippen LogP contribution in [0.25, 0.3) is 0 Å². The van der Waals surface area contributed by atoms with Crippen LogP contribution in [0.1, 0.15) is 31.2 Å². The summed E-state index contributed by atoms with van der Waals surface area (Å²) in [6.45, 7) is 3.33. The minimum atomic E-state index is -3.72. The maximum atomic E-state index is 12.3. The van der Waals surface area contributed by atoms with Crippen molar-refractivity contribution in [3.05, 3.63) is 17.5 Å². The highest BCUT2D eigenvalue weighted by atomic mass is 32.2. The molecule has 7 nitrogen and oxygen atoms in total. The summed E-state index contributed by atoms with van der Waals surface area (Å²) < 4.78 is 30.5. The van der Waals surface area contributed by atoms with Gasteiger partial charge in [-0.15, -0.1) is 0 Å². The molecule has 0 aliphatic carbocycles. The average molecular weight is 288 g/mol. The molecule has 2 rings (SSSR count). The predicted molar refractivity (Wildman–Crippen MR) is 65.8 cm³/mol. The monoisotopic (exact) mass is 288 g/mol. The molecule has 8 heteroatoms. The van der Waals surface area contributed by atoms with Crippen LogP contribution >= 0.6 is 0 Å². The molecule has 1 saturated heterocycles. The Balaban J connectivity index is 2.27. The second-order valence-electron chi connectivity index (χ2n) is 4.94. The lowest BCUT2D eigenvalue weighted by atomic mass is 10.0. The Morgan fingerprint density at radius 1 is 1.63 bits per heavy atom. The third-order valence-corrected chi connectivity index (χ3v) is 5.30. The van der Waals surface area contributed by atoms with E-state index in [1.54, 1.807) is 6.92 Å². The zero-order chi connectivity index (χ0) is 14.3. The number of carbonyl (C=O) groups is 1. The average Bonchev–Trinajstić information content (AvgIpc) is 2.86. The fraction of sp³-hybridized carbons (Fsp3) is 0.636. The summed E-state index contributed by atoms with van der Waals surface area (Å²) in [4.78, 5) is 11.3. The molecule has 19 heavy (non-hydrogen) atoms. The summed E-state index contributed by atoms with van der Waals surface area (Å²) in [6, 6.07) is 1.53. The molecule has 1 aliphatic rings. The number of rotatable bonds is 4. The Bertz CT molecular complexity index is 594. The summed E-state index contributed by atoms with van der Waals surface area (Å²) in [5.41, 5.74) is -1.07. The second kappa shape index (κ2) is 4.61. The van der Waals surface area contributed by atoms with Gasteiger partial charge in [0, 0.05) is 12.6 Å². The number of hydrogen-bond donors (Lipinski definition) is 1. The molecule has 0 spiro atoms. The lowest BCUT2D eigenvalue weighted by molar-refractivity contribution is -0.146. The van der Waals surface area contributed by atoms with Crippen molar-refractivity contribution in [3.63, 3.8) is 0 Å². The van der Waals surface area contributed by atoms with Crippen LogP contribution in [0.3, 0.4) is 0 Å². The quantitative estimate of drug-likeness (QED) is 0.877. The van der Waals surface area contributed by atoms with Crippen molar-refractivity contribution >= 4 is 16.0 Å². The lowest BCUT2D eigenvalue weighted by Gasteiger charge is -2.29. The smallest absolute Gasteiger partial charge is 0.324 e. The van der Waals surface area contributed by atoms with Gasteiger partial charge in [0.05, 0.1) is 0 Å². The topological polar surface area (TPSA) is 101 Å². The Morgan fingerprint density at radius 3 is 2.84 bits per heavy atom. The zero-order valence-corrected chi connectivity index (χ0v) is 11.6. The molecule has 1 aromatic heterocycles. The lowest BCUT2D eigenvalue weighted by Crippen LogP contribution is -2.51. The fourth-order valence-electron chi connectivity index (χ4n) is 2.35. The molecule has 1 unspecified atom stereocenters. The van der Waals surface area contributed by atoms with Crippen molar-refractivity contribution in [2.75, 3.05) is 6.54 Å². The van der Waals surface area contributed by atoms with Crippen LogP contribution in [0.5, 0.6) is 0 Å². The largest absolute Gasteiger partial charge is 0.480 e. The fourth-order valence-corrected chi connectivity index (χ4v) is 4.21. The van der Waals surface area contributed by atoms with Crippen LogP contribution in [-0.4, -0.2) is 41.0 Å². The summed E-state index contributed by atoms with van der Waals surface area (Å²) in [5.74, 6) is -0.940. The number of hydrogen-bond acceptors (Lipinski definition) is 5. The second-order valence-corrected chi connectivity index (χ2v) is 6.83. The van der Waals surface area contributed by atoms with E-state index in [0.717, 1.165) is 4.31 Å². The standard InChI is InChI=1S/C11H16N2O5S/c1-8-6-9(12-18-8)7-19(16,17)13-5-3-4-11(13,2)10(14)15/h6H,3-5,7H2,1-2H3,(H,14,15). The van der Waals surface area contributed by atoms with Gasteiger partial charge in [-0.1, -0.05) is 5.16 Å². The molecule has 1 fully saturated rings. The number of carboxylic acid groups (broad SMARTS) is 1. The van der Waals surface area contributed by atoms with Crippen molar-refractivity contribution in [2.24, 2.45) is 0 Å². The van der Waals surface area contributed by atoms with Crippen molar-refractivity contribution < 1.29 is 22.8 Å². The van der Waals surface area contributed by atoms with E-state index in [2.05, 4.69) is 5.16 Å². The summed E-state index contributed by atoms with van der Waals surface area (Å²) in [5, 5.41) is 12.9. The predicted octanol–water partition coefficient (Wildman–Crippen LogP) is 0.752. The minimum Gasteiger partial charge on any atom is -0.480 e. The van der Waals surface area contributed by atoms with E-state index in [1.807, 2.05) is 0 Å². The van der Waals surface area contributed by atoms with Crippen LogP contribution < -0.4 is 0 Å². The Labute approximate surface area is 111 Å². The van der Waals surface area contributed by atoms with E-state index in [-0.39, 0.29) is 18.0 Å². The highest BCUT2D eigenvalue weighted by Crippen LogP contribution is 2.33. The Morgan fingerprint density at radius 2 is 2.32 bits per heavy atom. The molecule has 0 amide bonds. The molecule has 0 radical (unpaired) electrons. The van der Waals surface area contributed by atoms with E-state index >= 15 is 0 Å². The Hall–Kier alpha value is -1.41. The van der Waals surface area contributed by atoms with Gasteiger partial charge in [-0.05, 0) is 26.7 Å². The highest BCUT2D eigenvalue weighted by Gasteiger charge is 2.49. The van der Waals surface area contributed by atoms with Gasteiger partial charge in [0.2, 0.25) is 10.0 Å². The SMILES string of the molecule is Cc1cc(CS(=O)(=O)N2CCCC2(C)C(=O)O)no1. The van der Waals surface area contributed by atoms with Crippen LogP contribution in [0.15, 0.2) is 10.6 Å². The van der Waals surface area contributed by atoms with Gasteiger partial charge in [0.1, 0.15) is 22.7 Å². The van der Waals surface area contributed by atoms with Crippen molar-refractivity contribution in [3.8, 4) is 0 Å². The molecular weight excluding hydrogens is 272 g/mol. The molecule has 106 valence electrons. The molecule has 1 atom stereocenters. The van der Waals surface area contributed by atoms with E-state index in [4.69, 9.17) is 4.52 Å². The first-order valence-electron chi connectivity index (χ1n) is 5.92. The number of nitrogens with zero attached hydrogens (tertiary/aromatic N) is 2. The van der Waals surface area contributed by atoms with Gasteiger partial charge in [0.15, 0.2) is 0 Å². The first-order chi connectivity index (χ1) is 8.75. The molecule has 0 saturated carbocycles. The highest BCUT2D eigenvalue weighted by molar-refractivity contribution is 7.88. The van der Waals surface area contributed by atoms with Crippen LogP contribution in [0.4, 0.5) is 0 Å². The Kier molecular flexibility index (Phi) is 3.40. The zero-order valence-electron chi connectivity index (χ0n) is 10.8. The van der Waals surface area contributed by atoms with Crippen molar-refractivity contribution in [1.29, 1.82) is 0 Å². The number of aromatic nitrogens is 1. The van der Waals surface area contributed by atoms with Gasteiger partial charge in [-0.2, -0.15) is 4.31 Å². The number of aliphatic carboxylic acids is 1.